The molecule has 0 bridgehead atoms. The molecule has 5 heteroatoms. The number of amides is 1. The third-order valence-corrected chi connectivity index (χ3v) is 4.16. The maximum Gasteiger partial charge on any atom is 0.257 e. The zero-order valence-electron chi connectivity index (χ0n) is 11.6. The minimum Gasteiger partial charge on any atom is -0.490 e. The van der Waals surface area contributed by atoms with Crippen LogP contribution in [0.3, 0.4) is 0 Å². The summed E-state index contributed by atoms with van der Waals surface area (Å²) in [6.07, 6.45) is 0. The van der Waals surface area contributed by atoms with E-state index in [1.165, 1.54) is 6.07 Å². The lowest BCUT2D eigenvalue weighted by atomic mass is 10.0. The number of rotatable bonds is 3. The number of likely N-dealkylation sites (tertiary alicyclic amines) is 1. The molecular weight excluding hydrogens is 259 g/mol. The van der Waals surface area contributed by atoms with Crippen LogP contribution in [0.15, 0.2) is 18.2 Å². The van der Waals surface area contributed by atoms with Gasteiger partial charge in [0.05, 0.1) is 12.2 Å². The van der Waals surface area contributed by atoms with Crippen molar-refractivity contribution < 1.29 is 13.9 Å². The molecule has 0 aliphatic carbocycles. The van der Waals surface area contributed by atoms with Gasteiger partial charge in [0.25, 0.3) is 5.91 Å². The molecule has 2 aliphatic rings. The predicted octanol–water partition coefficient (Wildman–Crippen LogP) is 1.52. The molecule has 2 heterocycles. The fraction of sp³-hybridized carbons (Fsp3) is 0.533. The smallest absolute Gasteiger partial charge is 0.257 e. The van der Waals surface area contributed by atoms with E-state index in [0.717, 1.165) is 26.2 Å². The fourth-order valence-corrected chi connectivity index (χ4v) is 3.16. The van der Waals surface area contributed by atoms with Gasteiger partial charge in [0, 0.05) is 26.2 Å². The van der Waals surface area contributed by atoms with Crippen molar-refractivity contribution in [3.8, 4) is 5.75 Å². The summed E-state index contributed by atoms with van der Waals surface area (Å²) >= 11 is 0. The van der Waals surface area contributed by atoms with Gasteiger partial charge in [-0.05, 0) is 30.9 Å². The third kappa shape index (κ3) is 2.26. The number of carbonyl (C=O) groups is 1. The first-order valence-electron chi connectivity index (χ1n) is 7.12. The molecule has 1 amide bonds. The summed E-state index contributed by atoms with van der Waals surface area (Å²) in [6.45, 7) is 5.56. The summed E-state index contributed by atoms with van der Waals surface area (Å²) < 4.78 is 19.1. The summed E-state index contributed by atoms with van der Waals surface area (Å²) in [4.78, 5) is 14.4. The molecule has 4 nitrogen and oxygen atoms in total. The first kappa shape index (κ1) is 13.4. The number of ether oxygens (including phenoxy) is 1. The van der Waals surface area contributed by atoms with Crippen molar-refractivity contribution >= 4 is 5.91 Å². The predicted molar refractivity (Wildman–Crippen MR) is 73.3 cm³/mol. The quantitative estimate of drug-likeness (QED) is 0.911. The average molecular weight is 278 g/mol. The van der Waals surface area contributed by atoms with Crippen LogP contribution in [-0.4, -0.2) is 43.6 Å². The summed E-state index contributed by atoms with van der Waals surface area (Å²) in [5.74, 6) is 0.544. The first-order chi connectivity index (χ1) is 9.70. The van der Waals surface area contributed by atoms with Crippen molar-refractivity contribution in [3.05, 3.63) is 29.6 Å². The van der Waals surface area contributed by atoms with Gasteiger partial charge >= 0.3 is 0 Å². The van der Waals surface area contributed by atoms with Crippen molar-refractivity contribution in [1.82, 2.24) is 10.2 Å². The monoisotopic (exact) mass is 278 g/mol. The Balaban J connectivity index is 1.82. The van der Waals surface area contributed by atoms with Crippen LogP contribution in [0.25, 0.3) is 0 Å². The van der Waals surface area contributed by atoms with E-state index >= 15 is 0 Å². The highest BCUT2D eigenvalue weighted by Crippen LogP contribution is 2.30. The number of fused-ring (bicyclic) bond motifs is 1. The number of nitrogens with zero attached hydrogens (tertiary/aromatic N) is 1. The molecule has 2 atom stereocenters. The van der Waals surface area contributed by atoms with Crippen LogP contribution >= 0.6 is 0 Å². The lowest BCUT2D eigenvalue weighted by Crippen LogP contribution is -2.32. The molecule has 0 unspecified atom stereocenters. The molecule has 2 saturated heterocycles. The van der Waals surface area contributed by atoms with Crippen molar-refractivity contribution in [1.29, 1.82) is 0 Å². The number of nitrogens with one attached hydrogen (secondary N) is 1. The maximum absolute atomic E-state index is 13.8. The van der Waals surface area contributed by atoms with Gasteiger partial charge in [0.15, 0.2) is 11.6 Å². The molecule has 0 spiro atoms. The molecule has 0 saturated carbocycles. The Morgan fingerprint density at radius 3 is 2.75 bits per heavy atom. The summed E-state index contributed by atoms with van der Waals surface area (Å²) in [5.41, 5.74) is 0.333. The Kier molecular flexibility index (Phi) is 3.61. The van der Waals surface area contributed by atoms with E-state index in [0.29, 0.717) is 24.0 Å². The summed E-state index contributed by atoms with van der Waals surface area (Å²) in [6, 6.07) is 4.52. The Bertz CT molecular complexity index is 509. The van der Waals surface area contributed by atoms with Gasteiger partial charge in [0.1, 0.15) is 0 Å². The van der Waals surface area contributed by atoms with Gasteiger partial charge in [-0.2, -0.15) is 0 Å². The molecule has 2 fully saturated rings. The molecule has 3 rings (SSSR count). The van der Waals surface area contributed by atoms with Crippen LogP contribution in [0.2, 0.25) is 0 Å². The second-order valence-corrected chi connectivity index (χ2v) is 5.44. The van der Waals surface area contributed by atoms with Crippen LogP contribution < -0.4 is 10.1 Å². The molecule has 1 N–H and O–H groups in total. The number of para-hydroxylation sites is 1. The molecular formula is C15H19FN2O2. The van der Waals surface area contributed by atoms with E-state index < -0.39 is 5.82 Å². The van der Waals surface area contributed by atoms with Gasteiger partial charge in [-0.1, -0.05) is 6.07 Å². The molecule has 1 aromatic carbocycles. The van der Waals surface area contributed by atoms with E-state index in [9.17, 15) is 9.18 Å². The van der Waals surface area contributed by atoms with E-state index in [1.54, 1.807) is 19.1 Å². The minimum atomic E-state index is -0.473. The highest BCUT2D eigenvalue weighted by atomic mass is 19.1. The zero-order chi connectivity index (χ0) is 14.1. The Morgan fingerprint density at radius 2 is 2.10 bits per heavy atom. The largest absolute Gasteiger partial charge is 0.490 e. The highest BCUT2D eigenvalue weighted by Gasteiger charge is 2.38. The Labute approximate surface area is 117 Å². The van der Waals surface area contributed by atoms with Gasteiger partial charge in [-0.3, -0.25) is 4.79 Å². The van der Waals surface area contributed by atoms with Crippen LogP contribution in [0.5, 0.6) is 5.75 Å². The number of benzene rings is 1. The molecule has 2 aliphatic heterocycles. The maximum atomic E-state index is 13.8. The second kappa shape index (κ2) is 5.40. The van der Waals surface area contributed by atoms with Crippen LogP contribution in [0.1, 0.15) is 17.3 Å². The Hall–Kier alpha value is -1.62. The van der Waals surface area contributed by atoms with E-state index in [4.69, 9.17) is 4.74 Å². The van der Waals surface area contributed by atoms with Gasteiger partial charge in [-0.25, -0.2) is 4.39 Å². The van der Waals surface area contributed by atoms with E-state index in [-0.39, 0.29) is 11.7 Å². The van der Waals surface area contributed by atoms with Crippen molar-refractivity contribution in [2.45, 2.75) is 6.92 Å². The lowest BCUT2D eigenvalue weighted by Gasteiger charge is -2.19. The van der Waals surface area contributed by atoms with Gasteiger partial charge in [-0.15, -0.1) is 0 Å². The summed E-state index contributed by atoms with van der Waals surface area (Å²) in [5, 5.41) is 3.34. The van der Waals surface area contributed by atoms with Gasteiger partial charge in [0.2, 0.25) is 0 Å². The molecule has 0 radical (unpaired) electrons. The van der Waals surface area contributed by atoms with Crippen molar-refractivity contribution in [3.63, 3.8) is 0 Å². The summed E-state index contributed by atoms with van der Waals surface area (Å²) in [7, 11) is 0. The molecule has 0 aromatic heterocycles. The topological polar surface area (TPSA) is 41.6 Å². The number of hydrogen-bond acceptors (Lipinski definition) is 3. The van der Waals surface area contributed by atoms with Crippen molar-refractivity contribution in [2.75, 3.05) is 32.8 Å². The van der Waals surface area contributed by atoms with Gasteiger partial charge < -0.3 is 15.0 Å². The molecule has 1 aromatic rings. The van der Waals surface area contributed by atoms with Crippen LogP contribution in [-0.2, 0) is 0 Å². The number of carbonyl (C=O) groups excluding carboxylic acids is 1. The first-order valence-corrected chi connectivity index (χ1v) is 7.12. The number of hydrogen-bond donors (Lipinski definition) is 1. The molecule has 20 heavy (non-hydrogen) atoms. The minimum absolute atomic E-state index is 0.0789. The lowest BCUT2D eigenvalue weighted by molar-refractivity contribution is 0.0776. The van der Waals surface area contributed by atoms with Crippen LogP contribution in [0, 0.1) is 17.7 Å². The third-order valence-electron chi connectivity index (χ3n) is 4.16. The Morgan fingerprint density at radius 1 is 1.40 bits per heavy atom. The standard InChI is InChI=1S/C15H19FN2O2/c1-2-20-14-12(4-3-5-13(14)16)15(19)18-8-10-6-17-7-11(10)9-18/h3-5,10-11,17H,2,6-9H2,1H3/t10-,11+. The second-order valence-electron chi connectivity index (χ2n) is 5.44. The molecule has 108 valence electrons. The van der Waals surface area contributed by atoms with Crippen LogP contribution in [0.4, 0.5) is 4.39 Å². The van der Waals surface area contributed by atoms with E-state index in [2.05, 4.69) is 5.32 Å². The van der Waals surface area contributed by atoms with E-state index in [1.807, 2.05) is 4.90 Å². The zero-order valence-corrected chi connectivity index (χ0v) is 11.6. The average Bonchev–Trinajstić information content (AvgIpc) is 3.01. The SMILES string of the molecule is CCOc1c(F)cccc1C(=O)N1C[C@H]2CNC[C@H]2C1. The highest BCUT2D eigenvalue weighted by molar-refractivity contribution is 5.97. The normalized spacial score (nSPS) is 24.8. The number of halogens is 1. The van der Waals surface area contributed by atoms with Crippen molar-refractivity contribution in [2.24, 2.45) is 11.8 Å². The fourth-order valence-electron chi connectivity index (χ4n) is 3.16.